The minimum absolute atomic E-state index is 0.662. The van der Waals surface area contributed by atoms with Crippen molar-refractivity contribution in [2.24, 2.45) is 0 Å². The van der Waals surface area contributed by atoms with E-state index in [1.54, 1.807) is 11.9 Å². The van der Waals surface area contributed by atoms with Gasteiger partial charge in [0.2, 0.25) is 6.41 Å². The Labute approximate surface area is 78.6 Å². The van der Waals surface area contributed by atoms with Crippen LogP contribution in [0.15, 0.2) is 0 Å². The Kier molecular flexibility index (Phi) is 5.24. The summed E-state index contributed by atoms with van der Waals surface area (Å²) in [5.74, 6) is 0. The highest BCUT2D eigenvalue weighted by atomic mass is 32.2. The van der Waals surface area contributed by atoms with Crippen LogP contribution >= 0.6 is 11.9 Å². The first-order valence-corrected chi connectivity index (χ1v) is 5.66. The van der Waals surface area contributed by atoms with Crippen molar-refractivity contribution in [1.82, 2.24) is 4.72 Å². The lowest BCUT2D eigenvalue weighted by Gasteiger charge is -2.17. The molecule has 1 aliphatic carbocycles. The Morgan fingerprint density at radius 2 is 1.67 bits per heavy atom. The van der Waals surface area contributed by atoms with Crippen molar-refractivity contribution in [3.8, 4) is 0 Å². The first-order chi connectivity index (χ1) is 5.93. The second-order valence-corrected chi connectivity index (χ2v) is 4.46. The number of hydrogen-bond acceptors (Lipinski definition) is 2. The van der Waals surface area contributed by atoms with E-state index in [9.17, 15) is 4.79 Å². The molecule has 0 aromatic heterocycles. The van der Waals surface area contributed by atoms with Crippen molar-refractivity contribution >= 4 is 18.4 Å². The molecule has 3 heteroatoms. The van der Waals surface area contributed by atoms with E-state index in [4.69, 9.17) is 0 Å². The molecule has 0 radical (unpaired) electrons. The molecule has 0 bridgehead atoms. The van der Waals surface area contributed by atoms with Crippen LogP contribution < -0.4 is 4.72 Å². The normalized spacial score (nSPS) is 21.0. The van der Waals surface area contributed by atoms with Gasteiger partial charge in [0.1, 0.15) is 0 Å². The van der Waals surface area contributed by atoms with E-state index in [1.807, 2.05) is 0 Å². The molecule has 1 rings (SSSR count). The zero-order valence-electron chi connectivity index (χ0n) is 7.42. The molecule has 0 aliphatic heterocycles. The SMILES string of the molecule is O=CNSC1CCCCCCC1. The van der Waals surface area contributed by atoms with Crippen molar-refractivity contribution in [3.63, 3.8) is 0 Å². The number of carbonyl (C=O) groups excluding carboxylic acids is 1. The molecule has 1 N–H and O–H groups in total. The highest BCUT2D eigenvalue weighted by Crippen LogP contribution is 2.24. The van der Waals surface area contributed by atoms with Gasteiger partial charge in [0, 0.05) is 5.25 Å². The molecule has 0 saturated heterocycles. The zero-order valence-corrected chi connectivity index (χ0v) is 8.24. The minimum atomic E-state index is 0.662. The molecular weight excluding hydrogens is 170 g/mol. The molecular formula is C9H17NOS. The third-order valence-corrected chi connectivity index (χ3v) is 3.37. The Morgan fingerprint density at radius 1 is 1.08 bits per heavy atom. The summed E-state index contributed by atoms with van der Waals surface area (Å²) in [6.07, 6.45) is 10.1. The number of nitrogens with one attached hydrogen (secondary N) is 1. The van der Waals surface area contributed by atoms with E-state index < -0.39 is 0 Å². The Balaban J connectivity index is 2.15. The van der Waals surface area contributed by atoms with Crippen LogP contribution in [0.3, 0.4) is 0 Å². The lowest BCUT2D eigenvalue weighted by atomic mass is 10.0. The summed E-state index contributed by atoms with van der Waals surface area (Å²) in [5.41, 5.74) is 0. The molecule has 0 unspecified atom stereocenters. The van der Waals surface area contributed by atoms with Crippen molar-refractivity contribution in [1.29, 1.82) is 0 Å². The number of amides is 1. The van der Waals surface area contributed by atoms with Crippen LogP contribution in [0.5, 0.6) is 0 Å². The van der Waals surface area contributed by atoms with E-state index in [2.05, 4.69) is 4.72 Å². The molecule has 0 aromatic carbocycles. The molecule has 0 aromatic rings. The highest BCUT2D eigenvalue weighted by molar-refractivity contribution is 7.98. The van der Waals surface area contributed by atoms with E-state index in [1.165, 1.54) is 44.9 Å². The average Bonchev–Trinajstić information content (AvgIpc) is 2.02. The fourth-order valence-corrected chi connectivity index (χ4v) is 2.48. The van der Waals surface area contributed by atoms with E-state index in [-0.39, 0.29) is 0 Å². The van der Waals surface area contributed by atoms with Gasteiger partial charge in [0.25, 0.3) is 0 Å². The van der Waals surface area contributed by atoms with Crippen molar-refractivity contribution < 1.29 is 4.79 Å². The lowest BCUT2D eigenvalue weighted by Crippen LogP contribution is -2.12. The van der Waals surface area contributed by atoms with Crippen molar-refractivity contribution in [3.05, 3.63) is 0 Å². The number of hydrogen-bond donors (Lipinski definition) is 1. The third-order valence-electron chi connectivity index (χ3n) is 2.34. The van der Waals surface area contributed by atoms with Gasteiger partial charge in [-0.15, -0.1) is 0 Å². The molecule has 1 saturated carbocycles. The second-order valence-electron chi connectivity index (χ2n) is 3.32. The maximum atomic E-state index is 10.1. The predicted octanol–water partition coefficient (Wildman–Crippen LogP) is 2.49. The summed E-state index contributed by atoms with van der Waals surface area (Å²) in [4.78, 5) is 10.1. The summed E-state index contributed by atoms with van der Waals surface area (Å²) in [5, 5.41) is 0.662. The lowest BCUT2D eigenvalue weighted by molar-refractivity contribution is -0.107. The molecule has 0 atom stereocenters. The highest BCUT2D eigenvalue weighted by Gasteiger charge is 2.10. The average molecular weight is 187 g/mol. The zero-order chi connectivity index (χ0) is 8.65. The van der Waals surface area contributed by atoms with E-state index in [0.29, 0.717) is 5.25 Å². The Bertz CT molecular complexity index is 122. The number of carbonyl (C=O) groups is 1. The van der Waals surface area contributed by atoms with Gasteiger partial charge in [-0.1, -0.05) is 32.1 Å². The van der Waals surface area contributed by atoms with Gasteiger partial charge >= 0.3 is 0 Å². The van der Waals surface area contributed by atoms with Crippen LogP contribution in [0, 0.1) is 0 Å². The predicted molar refractivity (Wildman–Crippen MR) is 52.9 cm³/mol. The van der Waals surface area contributed by atoms with Crippen molar-refractivity contribution in [2.75, 3.05) is 0 Å². The minimum Gasteiger partial charge on any atom is -0.303 e. The largest absolute Gasteiger partial charge is 0.303 e. The van der Waals surface area contributed by atoms with Gasteiger partial charge < -0.3 is 4.72 Å². The topological polar surface area (TPSA) is 29.1 Å². The summed E-state index contributed by atoms with van der Waals surface area (Å²) < 4.78 is 2.70. The van der Waals surface area contributed by atoms with Crippen LogP contribution in [0.25, 0.3) is 0 Å². The van der Waals surface area contributed by atoms with Crippen LogP contribution in [-0.4, -0.2) is 11.7 Å². The smallest absolute Gasteiger partial charge is 0.216 e. The van der Waals surface area contributed by atoms with Gasteiger partial charge in [-0.3, -0.25) is 4.79 Å². The molecule has 12 heavy (non-hydrogen) atoms. The van der Waals surface area contributed by atoms with Crippen LogP contribution in [0.1, 0.15) is 44.9 Å². The van der Waals surface area contributed by atoms with Crippen LogP contribution in [-0.2, 0) is 4.79 Å². The molecule has 0 heterocycles. The third kappa shape index (κ3) is 4.00. The second kappa shape index (κ2) is 6.35. The molecule has 2 nitrogen and oxygen atoms in total. The molecule has 0 spiro atoms. The Hall–Kier alpha value is -0.180. The van der Waals surface area contributed by atoms with Gasteiger partial charge in [-0.2, -0.15) is 0 Å². The monoisotopic (exact) mass is 187 g/mol. The fraction of sp³-hybridized carbons (Fsp3) is 0.889. The summed E-state index contributed by atoms with van der Waals surface area (Å²) in [6, 6.07) is 0. The van der Waals surface area contributed by atoms with Gasteiger partial charge in [0.05, 0.1) is 0 Å². The molecule has 1 amide bonds. The number of rotatable bonds is 3. The fourth-order valence-electron chi connectivity index (χ4n) is 1.66. The Morgan fingerprint density at radius 3 is 2.25 bits per heavy atom. The maximum absolute atomic E-state index is 10.1. The summed E-state index contributed by atoms with van der Waals surface area (Å²) in [6.45, 7) is 0. The van der Waals surface area contributed by atoms with Crippen LogP contribution in [0.2, 0.25) is 0 Å². The molecule has 1 fully saturated rings. The van der Waals surface area contributed by atoms with E-state index in [0.717, 1.165) is 6.41 Å². The first kappa shape index (κ1) is 9.90. The first-order valence-electron chi connectivity index (χ1n) is 4.78. The van der Waals surface area contributed by atoms with Gasteiger partial charge in [0.15, 0.2) is 0 Å². The summed E-state index contributed by atoms with van der Waals surface area (Å²) >= 11 is 1.60. The van der Waals surface area contributed by atoms with Gasteiger partial charge in [-0.25, -0.2) is 0 Å². The maximum Gasteiger partial charge on any atom is 0.216 e. The van der Waals surface area contributed by atoms with E-state index >= 15 is 0 Å². The van der Waals surface area contributed by atoms with Gasteiger partial charge in [-0.05, 0) is 24.8 Å². The summed E-state index contributed by atoms with van der Waals surface area (Å²) in [7, 11) is 0. The quantitative estimate of drug-likeness (QED) is 0.543. The standard InChI is InChI=1S/C9H17NOS/c11-8-10-12-9-6-4-2-1-3-5-7-9/h8-9H,1-7H2,(H,10,11). The van der Waals surface area contributed by atoms with Crippen LogP contribution in [0.4, 0.5) is 0 Å². The van der Waals surface area contributed by atoms with Crippen molar-refractivity contribution in [2.45, 2.75) is 50.2 Å². The molecule has 1 aliphatic rings. The molecule has 70 valence electrons.